The molecule has 0 aliphatic heterocycles. The van der Waals surface area contributed by atoms with Crippen molar-refractivity contribution in [1.29, 1.82) is 0 Å². The van der Waals surface area contributed by atoms with Gasteiger partial charge in [-0.05, 0) is 42.5 Å². The van der Waals surface area contributed by atoms with Crippen LogP contribution in [0.15, 0.2) is 105 Å². The van der Waals surface area contributed by atoms with Crippen LogP contribution in [0.4, 0.5) is 0 Å². The van der Waals surface area contributed by atoms with Crippen LogP contribution in [0.2, 0.25) is 0 Å². The molecule has 0 aliphatic carbocycles. The molecular weight excluding hydrogens is 312 g/mol. The molecule has 0 N–H and O–H groups in total. The zero-order valence-corrected chi connectivity index (χ0v) is 13.3. The smallest absolute Gasteiger partial charge is 0.206 e. The van der Waals surface area contributed by atoms with Crippen LogP contribution in [-0.4, -0.2) is 8.42 Å². The van der Waals surface area contributed by atoms with E-state index in [4.69, 9.17) is 0 Å². The van der Waals surface area contributed by atoms with Crippen LogP contribution in [0.5, 0.6) is 0 Å². The Morgan fingerprint density at radius 1 is 0.591 bits per heavy atom. The van der Waals surface area contributed by atoms with E-state index in [0.29, 0.717) is 9.79 Å². The molecule has 0 heterocycles. The Morgan fingerprint density at radius 3 is 1.82 bits per heavy atom. The lowest BCUT2D eigenvalue weighted by atomic mass is 10.4. The minimum absolute atomic E-state index is 0.317. The maximum atomic E-state index is 12.6. The molecule has 0 aliphatic rings. The molecule has 110 valence electrons. The third kappa shape index (κ3) is 3.24. The van der Waals surface area contributed by atoms with E-state index in [1.807, 2.05) is 36.4 Å². The molecule has 0 unspecified atom stereocenters. The molecule has 3 aromatic rings. The average molecular weight is 326 g/mol. The third-order valence-electron chi connectivity index (χ3n) is 3.15. The summed E-state index contributed by atoms with van der Waals surface area (Å²) in [4.78, 5) is 2.62. The quantitative estimate of drug-likeness (QED) is 0.698. The minimum atomic E-state index is -3.47. The molecule has 0 aromatic heterocycles. The Bertz CT molecular complexity index is 858. The van der Waals surface area contributed by atoms with Gasteiger partial charge >= 0.3 is 0 Å². The number of benzene rings is 3. The molecule has 0 radical (unpaired) electrons. The first-order chi connectivity index (χ1) is 10.7. The zero-order valence-electron chi connectivity index (χ0n) is 11.7. The van der Waals surface area contributed by atoms with Gasteiger partial charge in [-0.25, -0.2) is 8.42 Å². The van der Waals surface area contributed by atoms with Crippen molar-refractivity contribution >= 4 is 21.6 Å². The standard InChI is InChI=1S/C18H14O2S2/c19-22(20,17-11-5-2-6-12-17)18-13-7-10-16(14-18)21-15-8-3-1-4-9-15/h1-14H. The van der Waals surface area contributed by atoms with Gasteiger partial charge in [0.25, 0.3) is 0 Å². The van der Waals surface area contributed by atoms with E-state index in [1.54, 1.807) is 60.3 Å². The van der Waals surface area contributed by atoms with E-state index in [-0.39, 0.29) is 0 Å². The lowest BCUT2D eigenvalue weighted by Gasteiger charge is -2.07. The van der Waals surface area contributed by atoms with Crippen LogP contribution in [-0.2, 0) is 9.84 Å². The molecule has 4 heteroatoms. The van der Waals surface area contributed by atoms with E-state index in [1.165, 1.54) is 0 Å². The summed E-state index contributed by atoms with van der Waals surface area (Å²) >= 11 is 1.55. The van der Waals surface area contributed by atoms with Crippen molar-refractivity contribution in [2.75, 3.05) is 0 Å². The highest BCUT2D eigenvalue weighted by atomic mass is 32.2. The van der Waals surface area contributed by atoms with Crippen molar-refractivity contribution in [2.24, 2.45) is 0 Å². The summed E-state index contributed by atoms with van der Waals surface area (Å²) in [6.07, 6.45) is 0. The molecule has 3 aromatic carbocycles. The summed E-state index contributed by atoms with van der Waals surface area (Å²) in [5.41, 5.74) is 0. The number of rotatable bonds is 4. The van der Waals surface area contributed by atoms with Gasteiger partial charge in [0.15, 0.2) is 0 Å². The van der Waals surface area contributed by atoms with Gasteiger partial charge in [-0.1, -0.05) is 54.2 Å². The van der Waals surface area contributed by atoms with Crippen molar-refractivity contribution < 1.29 is 8.42 Å². The van der Waals surface area contributed by atoms with Gasteiger partial charge in [-0.15, -0.1) is 0 Å². The molecule has 0 atom stereocenters. The Balaban J connectivity index is 1.95. The van der Waals surface area contributed by atoms with Crippen LogP contribution in [0, 0.1) is 0 Å². The second-order valence-electron chi connectivity index (χ2n) is 4.71. The molecule has 0 spiro atoms. The Morgan fingerprint density at radius 2 is 1.14 bits per heavy atom. The van der Waals surface area contributed by atoms with Crippen molar-refractivity contribution in [3.05, 3.63) is 84.9 Å². The number of sulfone groups is 1. The highest BCUT2D eigenvalue weighted by Gasteiger charge is 2.17. The average Bonchev–Trinajstić information content (AvgIpc) is 2.57. The lowest BCUT2D eigenvalue weighted by molar-refractivity contribution is 0.596. The first-order valence-electron chi connectivity index (χ1n) is 6.79. The van der Waals surface area contributed by atoms with Crippen molar-refractivity contribution in [3.63, 3.8) is 0 Å². The fraction of sp³-hybridized carbons (Fsp3) is 0. The topological polar surface area (TPSA) is 34.1 Å². The van der Waals surface area contributed by atoms with Gasteiger partial charge in [-0.3, -0.25) is 0 Å². The van der Waals surface area contributed by atoms with E-state index >= 15 is 0 Å². The maximum absolute atomic E-state index is 12.6. The molecule has 0 saturated carbocycles. The minimum Gasteiger partial charge on any atom is -0.219 e. The molecule has 0 fully saturated rings. The van der Waals surface area contributed by atoms with E-state index < -0.39 is 9.84 Å². The summed E-state index contributed by atoms with van der Waals surface area (Å²) in [5, 5.41) is 0. The fourth-order valence-electron chi connectivity index (χ4n) is 2.07. The fourth-order valence-corrected chi connectivity index (χ4v) is 4.37. The predicted octanol–water partition coefficient (Wildman–Crippen LogP) is 4.67. The van der Waals surface area contributed by atoms with Gasteiger partial charge in [0.1, 0.15) is 0 Å². The normalized spacial score (nSPS) is 11.3. The van der Waals surface area contributed by atoms with E-state index in [2.05, 4.69) is 0 Å². The molecule has 22 heavy (non-hydrogen) atoms. The zero-order chi connectivity index (χ0) is 15.4. The van der Waals surface area contributed by atoms with Gasteiger partial charge in [0.2, 0.25) is 9.84 Å². The molecular formula is C18H14O2S2. The molecule has 3 rings (SSSR count). The van der Waals surface area contributed by atoms with Gasteiger partial charge in [0, 0.05) is 9.79 Å². The van der Waals surface area contributed by atoms with Crippen LogP contribution >= 0.6 is 11.8 Å². The van der Waals surface area contributed by atoms with Crippen molar-refractivity contribution in [1.82, 2.24) is 0 Å². The Labute approximate surface area is 134 Å². The summed E-state index contributed by atoms with van der Waals surface area (Å²) < 4.78 is 25.3. The second kappa shape index (κ2) is 6.38. The molecule has 2 nitrogen and oxygen atoms in total. The highest BCUT2D eigenvalue weighted by Crippen LogP contribution is 2.30. The third-order valence-corrected chi connectivity index (χ3v) is 5.91. The molecule has 0 saturated heterocycles. The summed E-state index contributed by atoms with van der Waals surface area (Å²) in [5.74, 6) is 0. The SMILES string of the molecule is O=S(=O)(c1ccccc1)c1cccc(Sc2ccccc2)c1. The first kappa shape index (κ1) is 14.9. The lowest BCUT2D eigenvalue weighted by Crippen LogP contribution is -2.01. The monoisotopic (exact) mass is 326 g/mol. The highest BCUT2D eigenvalue weighted by molar-refractivity contribution is 7.99. The first-order valence-corrected chi connectivity index (χ1v) is 9.09. The molecule has 0 amide bonds. The van der Waals surface area contributed by atoms with E-state index in [0.717, 1.165) is 9.79 Å². The van der Waals surface area contributed by atoms with E-state index in [9.17, 15) is 8.42 Å². The number of hydrogen-bond acceptors (Lipinski definition) is 3. The van der Waals surface area contributed by atoms with Crippen LogP contribution in [0.3, 0.4) is 0 Å². The van der Waals surface area contributed by atoms with Crippen molar-refractivity contribution in [3.8, 4) is 0 Å². The summed E-state index contributed by atoms with van der Waals surface area (Å²) in [6, 6.07) is 25.5. The number of hydrogen-bond donors (Lipinski definition) is 0. The summed E-state index contributed by atoms with van der Waals surface area (Å²) in [6.45, 7) is 0. The largest absolute Gasteiger partial charge is 0.219 e. The van der Waals surface area contributed by atoms with Gasteiger partial charge in [-0.2, -0.15) is 0 Å². The van der Waals surface area contributed by atoms with Gasteiger partial charge < -0.3 is 0 Å². The summed E-state index contributed by atoms with van der Waals surface area (Å²) in [7, 11) is -3.47. The molecule has 0 bridgehead atoms. The van der Waals surface area contributed by atoms with Crippen molar-refractivity contribution in [2.45, 2.75) is 19.6 Å². The van der Waals surface area contributed by atoms with Crippen LogP contribution < -0.4 is 0 Å². The Kier molecular flexibility index (Phi) is 4.32. The van der Waals surface area contributed by atoms with Crippen LogP contribution in [0.25, 0.3) is 0 Å². The second-order valence-corrected chi connectivity index (χ2v) is 7.80. The maximum Gasteiger partial charge on any atom is 0.206 e. The van der Waals surface area contributed by atoms with Gasteiger partial charge in [0.05, 0.1) is 9.79 Å². The predicted molar refractivity (Wildman–Crippen MR) is 88.9 cm³/mol. The van der Waals surface area contributed by atoms with Crippen LogP contribution in [0.1, 0.15) is 0 Å². The Hall–Kier alpha value is -2.04.